The predicted molar refractivity (Wildman–Crippen MR) is 117 cm³/mol. The maximum Gasteiger partial charge on any atom is 0.257 e. The van der Waals surface area contributed by atoms with Crippen molar-refractivity contribution in [3.63, 3.8) is 0 Å². The van der Waals surface area contributed by atoms with Crippen molar-refractivity contribution in [2.24, 2.45) is 4.99 Å². The molecule has 2 aromatic carbocycles. The van der Waals surface area contributed by atoms with Gasteiger partial charge in [0.1, 0.15) is 5.75 Å². The van der Waals surface area contributed by atoms with Crippen LogP contribution in [0.15, 0.2) is 64.4 Å². The van der Waals surface area contributed by atoms with Crippen LogP contribution in [0.5, 0.6) is 5.75 Å². The van der Waals surface area contributed by atoms with Gasteiger partial charge < -0.3 is 10.1 Å². The summed E-state index contributed by atoms with van der Waals surface area (Å²) in [6.45, 7) is 5.89. The number of rotatable bonds is 5. The van der Waals surface area contributed by atoms with Crippen LogP contribution >= 0.6 is 0 Å². The molecular formula is C22H23N5O3. The number of carbonyl (C=O) groups is 1. The van der Waals surface area contributed by atoms with Crippen LogP contribution in [0, 0.1) is 13.8 Å². The van der Waals surface area contributed by atoms with Gasteiger partial charge in [0.25, 0.3) is 11.5 Å². The lowest BCUT2D eigenvalue weighted by Gasteiger charge is -2.12. The fourth-order valence-corrected chi connectivity index (χ4v) is 2.58. The van der Waals surface area contributed by atoms with Crippen LogP contribution in [0.2, 0.25) is 0 Å². The Labute approximate surface area is 174 Å². The van der Waals surface area contributed by atoms with Gasteiger partial charge in [-0.05, 0) is 57.2 Å². The first-order valence-electron chi connectivity index (χ1n) is 9.48. The van der Waals surface area contributed by atoms with Crippen LogP contribution < -0.4 is 20.9 Å². The third-order valence-electron chi connectivity index (χ3n) is 4.30. The fourth-order valence-electron chi connectivity index (χ4n) is 2.58. The Morgan fingerprint density at radius 1 is 1.10 bits per heavy atom. The standard InChI is InChI=1S/C22H23N5O3/c1-4-30-18-12-10-17(11-13-18)24-22(26-20(29)16-8-6-5-7-9-16)27-21-23-15(3)14(2)19(28)25-21/h5-13H,4H2,1-3H3,(H3,23,24,25,26,27,28,29). The number of benzene rings is 2. The third-order valence-corrected chi connectivity index (χ3v) is 4.30. The number of anilines is 1. The Bertz CT molecular complexity index is 1110. The molecule has 0 saturated heterocycles. The van der Waals surface area contributed by atoms with Crippen molar-refractivity contribution < 1.29 is 9.53 Å². The highest BCUT2D eigenvalue weighted by Gasteiger charge is 2.11. The number of hydrogen-bond donors (Lipinski definition) is 3. The molecule has 3 N–H and O–H groups in total. The molecule has 1 amide bonds. The summed E-state index contributed by atoms with van der Waals surface area (Å²) in [4.78, 5) is 35.9. The Morgan fingerprint density at radius 3 is 2.43 bits per heavy atom. The zero-order valence-corrected chi connectivity index (χ0v) is 17.0. The molecule has 0 radical (unpaired) electrons. The van der Waals surface area contributed by atoms with Crippen molar-refractivity contribution in [2.45, 2.75) is 20.8 Å². The molecular weight excluding hydrogens is 382 g/mol. The number of aliphatic imine (C=N–C) groups is 1. The molecule has 154 valence electrons. The number of nitrogens with one attached hydrogen (secondary N) is 3. The minimum Gasteiger partial charge on any atom is -0.494 e. The second kappa shape index (κ2) is 9.51. The number of hydrogen-bond acceptors (Lipinski definition) is 5. The Morgan fingerprint density at radius 2 is 1.80 bits per heavy atom. The van der Waals surface area contributed by atoms with Gasteiger partial charge in [-0.15, -0.1) is 0 Å². The maximum absolute atomic E-state index is 12.6. The largest absolute Gasteiger partial charge is 0.494 e. The first-order valence-corrected chi connectivity index (χ1v) is 9.48. The smallest absolute Gasteiger partial charge is 0.257 e. The number of aromatic nitrogens is 2. The van der Waals surface area contributed by atoms with E-state index in [-0.39, 0.29) is 23.4 Å². The maximum atomic E-state index is 12.6. The van der Waals surface area contributed by atoms with Crippen LogP contribution in [0.25, 0.3) is 0 Å². The molecule has 8 heteroatoms. The van der Waals surface area contributed by atoms with Crippen molar-refractivity contribution in [2.75, 3.05) is 11.9 Å². The lowest BCUT2D eigenvalue weighted by atomic mass is 10.2. The molecule has 3 rings (SSSR count). The van der Waals surface area contributed by atoms with Gasteiger partial charge in [0.15, 0.2) is 0 Å². The molecule has 0 saturated carbocycles. The van der Waals surface area contributed by atoms with Gasteiger partial charge in [0.2, 0.25) is 11.9 Å². The zero-order chi connectivity index (χ0) is 21.5. The first-order chi connectivity index (χ1) is 14.5. The minimum atomic E-state index is -0.348. The summed E-state index contributed by atoms with van der Waals surface area (Å²) < 4.78 is 5.44. The van der Waals surface area contributed by atoms with E-state index in [0.29, 0.717) is 29.1 Å². The predicted octanol–water partition coefficient (Wildman–Crippen LogP) is 3.32. The number of H-pyrrole nitrogens is 1. The highest BCUT2D eigenvalue weighted by atomic mass is 16.5. The van der Waals surface area contributed by atoms with E-state index in [1.165, 1.54) is 0 Å². The van der Waals surface area contributed by atoms with E-state index in [1.54, 1.807) is 62.4 Å². The number of nitrogens with zero attached hydrogens (tertiary/aromatic N) is 2. The van der Waals surface area contributed by atoms with E-state index in [2.05, 4.69) is 25.6 Å². The lowest BCUT2D eigenvalue weighted by Crippen LogP contribution is -2.36. The normalized spacial score (nSPS) is 11.1. The molecule has 0 bridgehead atoms. The van der Waals surface area contributed by atoms with E-state index in [4.69, 9.17) is 4.74 Å². The van der Waals surface area contributed by atoms with E-state index in [1.807, 2.05) is 13.0 Å². The fraction of sp³-hybridized carbons (Fsp3) is 0.182. The lowest BCUT2D eigenvalue weighted by molar-refractivity contribution is 0.0977. The van der Waals surface area contributed by atoms with Gasteiger partial charge in [0, 0.05) is 22.5 Å². The monoisotopic (exact) mass is 405 g/mol. The molecule has 8 nitrogen and oxygen atoms in total. The third kappa shape index (κ3) is 5.32. The van der Waals surface area contributed by atoms with Gasteiger partial charge in [-0.25, -0.2) is 4.98 Å². The number of guanidine groups is 1. The van der Waals surface area contributed by atoms with Crippen molar-refractivity contribution in [3.8, 4) is 5.75 Å². The molecule has 1 heterocycles. The van der Waals surface area contributed by atoms with Gasteiger partial charge in [0.05, 0.1) is 6.61 Å². The SMILES string of the molecule is CCOc1ccc(NC(=Nc2nc(C)c(C)c(=O)[nH]2)NC(=O)c2ccccc2)cc1. The second-order valence-electron chi connectivity index (χ2n) is 6.46. The highest BCUT2D eigenvalue weighted by molar-refractivity contribution is 6.10. The molecule has 0 atom stereocenters. The number of aryl methyl sites for hydroxylation is 1. The summed E-state index contributed by atoms with van der Waals surface area (Å²) in [5.74, 6) is 0.596. The summed E-state index contributed by atoms with van der Waals surface area (Å²) in [7, 11) is 0. The molecule has 0 spiro atoms. The second-order valence-corrected chi connectivity index (χ2v) is 6.46. The summed E-state index contributed by atoms with van der Waals surface area (Å²) in [6.07, 6.45) is 0. The van der Waals surface area contributed by atoms with E-state index in [9.17, 15) is 9.59 Å². The topological polar surface area (TPSA) is 108 Å². The number of amides is 1. The number of carbonyl (C=O) groups excluding carboxylic acids is 1. The molecule has 0 aliphatic carbocycles. The van der Waals surface area contributed by atoms with Gasteiger partial charge in [-0.3, -0.25) is 19.9 Å². The zero-order valence-electron chi connectivity index (χ0n) is 17.0. The highest BCUT2D eigenvalue weighted by Crippen LogP contribution is 2.16. The van der Waals surface area contributed by atoms with Crippen molar-refractivity contribution in [1.29, 1.82) is 0 Å². The molecule has 0 fully saturated rings. The van der Waals surface area contributed by atoms with Gasteiger partial charge in [-0.1, -0.05) is 18.2 Å². The van der Waals surface area contributed by atoms with Crippen LogP contribution in [0.4, 0.5) is 11.6 Å². The Kier molecular flexibility index (Phi) is 6.59. The average molecular weight is 405 g/mol. The first kappa shape index (κ1) is 20.8. The summed E-state index contributed by atoms with van der Waals surface area (Å²) in [6, 6.07) is 16.0. The average Bonchev–Trinajstić information content (AvgIpc) is 2.74. The quantitative estimate of drug-likeness (QED) is 0.446. The van der Waals surface area contributed by atoms with Crippen molar-refractivity contribution in [1.82, 2.24) is 15.3 Å². The van der Waals surface area contributed by atoms with E-state index < -0.39 is 0 Å². The molecule has 0 unspecified atom stereocenters. The van der Waals surface area contributed by atoms with E-state index >= 15 is 0 Å². The molecule has 0 aliphatic rings. The van der Waals surface area contributed by atoms with Gasteiger partial charge in [-0.2, -0.15) is 4.99 Å². The van der Waals surface area contributed by atoms with Crippen LogP contribution in [0.1, 0.15) is 28.5 Å². The summed E-state index contributed by atoms with van der Waals surface area (Å²) in [5.41, 5.74) is 1.95. The Hall–Kier alpha value is -3.94. The Balaban J connectivity index is 1.91. The minimum absolute atomic E-state index is 0.0879. The number of aromatic amines is 1. The summed E-state index contributed by atoms with van der Waals surface area (Å²) >= 11 is 0. The van der Waals surface area contributed by atoms with Crippen LogP contribution in [-0.4, -0.2) is 28.4 Å². The van der Waals surface area contributed by atoms with Crippen LogP contribution in [-0.2, 0) is 0 Å². The summed E-state index contributed by atoms with van der Waals surface area (Å²) in [5, 5.41) is 5.78. The molecule has 30 heavy (non-hydrogen) atoms. The van der Waals surface area contributed by atoms with E-state index in [0.717, 1.165) is 5.75 Å². The number of ether oxygens (including phenoxy) is 1. The van der Waals surface area contributed by atoms with Crippen LogP contribution in [0.3, 0.4) is 0 Å². The van der Waals surface area contributed by atoms with Crippen molar-refractivity contribution in [3.05, 3.63) is 81.8 Å². The molecule has 0 aliphatic heterocycles. The molecule has 1 aromatic heterocycles. The molecule has 3 aromatic rings. The van der Waals surface area contributed by atoms with Gasteiger partial charge >= 0.3 is 0 Å². The van der Waals surface area contributed by atoms with Crippen molar-refractivity contribution >= 4 is 23.5 Å².